The van der Waals surface area contributed by atoms with E-state index < -0.39 is 15.8 Å². The van der Waals surface area contributed by atoms with E-state index in [0.717, 1.165) is 12.1 Å². The van der Waals surface area contributed by atoms with Gasteiger partial charge in [0.25, 0.3) is 11.8 Å². The van der Waals surface area contributed by atoms with Crippen molar-refractivity contribution in [1.82, 2.24) is 14.3 Å². The van der Waals surface area contributed by atoms with Crippen molar-refractivity contribution in [2.75, 3.05) is 20.2 Å². The third-order valence-corrected chi connectivity index (χ3v) is 5.78. The summed E-state index contributed by atoms with van der Waals surface area (Å²) in [6, 6.07) is 4.80. The molecule has 2 aromatic rings. The van der Waals surface area contributed by atoms with E-state index in [1.165, 1.54) is 35.9 Å². The van der Waals surface area contributed by atoms with Crippen molar-refractivity contribution in [3.63, 3.8) is 0 Å². The molecule has 0 radical (unpaired) electrons. The number of piperidine rings is 1. The molecule has 25 heavy (non-hydrogen) atoms. The molecule has 0 N–H and O–H groups in total. The van der Waals surface area contributed by atoms with Crippen molar-refractivity contribution in [3.8, 4) is 11.8 Å². The third-order valence-electron chi connectivity index (χ3n) is 3.90. The van der Waals surface area contributed by atoms with Crippen molar-refractivity contribution >= 4 is 10.0 Å². The lowest BCUT2D eigenvalue weighted by Gasteiger charge is -2.31. The van der Waals surface area contributed by atoms with Crippen LogP contribution in [0.15, 0.2) is 41.6 Å². The van der Waals surface area contributed by atoms with Crippen LogP contribution in [-0.4, -0.2) is 49.0 Å². The number of hydrogen-bond donors (Lipinski definition) is 0. The molecule has 2 heterocycles. The molecule has 0 saturated carbocycles. The maximum Gasteiger partial charge on any atom is 0.278 e. The molecule has 0 amide bonds. The first kappa shape index (κ1) is 17.6. The van der Waals surface area contributed by atoms with Gasteiger partial charge >= 0.3 is 0 Å². The van der Waals surface area contributed by atoms with E-state index in [0.29, 0.717) is 19.4 Å². The number of methoxy groups -OCH3 is 1. The monoisotopic (exact) mass is 367 g/mol. The maximum absolute atomic E-state index is 13.0. The molecule has 3 rings (SSSR count). The Hall–Kier alpha value is -2.26. The first-order chi connectivity index (χ1) is 12.0. The van der Waals surface area contributed by atoms with Gasteiger partial charge < -0.3 is 9.47 Å². The molecular formula is C16H18FN3O4S. The molecule has 1 aliphatic heterocycles. The maximum atomic E-state index is 13.0. The normalized spacial score (nSPS) is 18.7. The fourth-order valence-electron chi connectivity index (χ4n) is 2.67. The molecule has 1 aromatic heterocycles. The summed E-state index contributed by atoms with van der Waals surface area (Å²) in [5.41, 5.74) is 0. The van der Waals surface area contributed by atoms with E-state index in [1.807, 2.05) is 0 Å². The minimum atomic E-state index is -3.70. The number of benzene rings is 1. The number of hydrogen-bond acceptors (Lipinski definition) is 6. The fraction of sp³-hybridized carbons (Fsp3) is 0.375. The van der Waals surface area contributed by atoms with Crippen molar-refractivity contribution < 1.29 is 22.3 Å². The highest BCUT2D eigenvalue weighted by Gasteiger charge is 2.31. The van der Waals surface area contributed by atoms with E-state index in [1.54, 1.807) is 0 Å². The molecule has 134 valence electrons. The minimum Gasteiger partial charge on any atom is -0.477 e. The zero-order valence-electron chi connectivity index (χ0n) is 13.6. The smallest absolute Gasteiger partial charge is 0.278 e. The highest BCUT2D eigenvalue weighted by molar-refractivity contribution is 7.89. The van der Waals surface area contributed by atoms with E-state index in [4.69, 9.17) is 9.47 Å². The largest absolute Gasteiger partial charge is 0.477 e. The Morgan fingerprint density at radius 3 is 2.52 bits per heavy atom. The molecule has 1 aromatic carbocycles. The van der Waals surface area contributed by atoms with Crippen molar-refractivity contribution in [2.45, 2.75) is 23.8 Å². The summed E-state index contributed by atoms with van der Waals surface area (Å²) in [5, 5.41) is 0. The van der Waals surface area contributed by atoms with Crippen molar-refractivity contribution in [3.05, 3.63) is 42.5 Å². The first-order valence-corrected chi connectivity index (χ1v) is 9.22. The van der Waals surface area contributed by atoms with Crippen LogP contribution in [0.2, 0.25) is 0 Å². The highest BCUT2D eigenvalue weighted by atomic mass is 32.2. The molecule has 1 saturated heterocycles. The second-order valence-electron chi connectivity index (χ2n) is 5.57. The van der Waals surface area contributed by atoms with Crippen LogP contribution in [-0.2, 0) is 10.0 Å². The van der Waals surface area contributed by atoms with Crippen LogP contribution in [0, 0.1) is 5.82 Å². The van der Waals surface area contributed by atoms with Gasteiger partial charge in [0, 0.05) is 18.9 Å². The summed E-state index contributed by atoms with van der Waals surface area (Å²) < 4.78 is 50.7. The summed E-state index contributed by atoms with van der Waals surface area (Å²) in [6.45, 7) is 0.566. The number of halogens is 1. The van der Waals surface area contributed by atoms with Crippen LogP contribution in [0.1, 0.15) is 12.8 Å². The lowest BCUT2D eigenvalue weighted by Crippen LogP contribution is -2.44. The molecule has 9 heteroatoms. The SMILES string of the molecule is COc1nccnc1OC1CCCN(S(=O)(=O)c2ccc(F)cc2)C1. The molecule has 7 nitrogen and oxygen atoms in total. The Kier molecular flexibility index (Phi) is 5.14. The van der Waals surface area contributed by atoms with Crippen LogP contribution in [0.4, 0.5) is 4.39 Å². The van der Waals surface area contributed by atoms with Crippen LogP contribution < -0.4 is 9.47 Å². The fourth-order valence-corrected chi connectivity index (χ4v) is 4.18. The van der Waals surface area contributed by atoms with Crippen LogP contribution in [0.3, 0.4) is 0 Å². The summed E-state index contributed by atoms with van der Waals surface area (Å²) in [6.07, 6.45) is 3.93. The molecule has 0 bridgehead atoms. The lowest BCUT2D eigenvalue weighted by atomic mass is 10.1. The summed E-state index contributed by atoms with van der Waals surface area (Å²) in [5.74, 6) is 0.00518. The topological polar surface area (TPSA) is 81.6 Å². The predicted octanol–water partition coefficient (Wildman–Crippen LogP) is 1.86. The Bertz CT molecular complexity index is 830. The Labute approximate surface area is 145 Å². The van der Waals surface area contributed by atoms with Crippen LogP contribution in [0.5, 0.6) is 11.8 Å². The minimum absolute atomic E-state index is 0.0617. The van der Waals surface area contributed by atoms with Gasteiger partial charge in [-0.15, -0.1) is 0 Å². The number of rotatable bonds is 5. The number of ether oxygens (including phenoxy) is 2. The van der Waals surface area contributed by atoms with E-state index in [9.17, 15) is 12.8 Å². The molecule has 1 aliphatic rings. The Morgan fingerprint density at radius 1 is 1.16 bits per heavy atom. The van der Waals surface area contributed by atoms with Gasteiger partial charge in [0.1, 0.15) is 11.9 Å². The van der Waals surface area contributed by atoms with Gasteiger partial charge in [-0.05, 0) is 37.1 Å². The van der Waals surface area contributed by atoms with E-state index >= 15 is 0 Å². The van der Waals surface area contributed by atoms with Crippen LogP contribution in [0.25, 0.3) is 0 Å². The van der Waals surface area contributed by atoms with Crippen LogP contribution >= 0.6 is 0 Å². The summed E-state index contributed by atoms with van der Waals surface area (Å²) in [7, 11) is -2.24. The number of aromatic nitrogens is 2. The second-order valence-corrected chi connectivity index (χ2v) is 7.51. The molecule has 1 atom stereocenters. The van der Waals surface area contributed by atoms with Gasteiger partial charge in [0.15, 0.2) is 0 Å². The summed E-state index contributed by atoms with van der Waals surface area (Å²) >= 11 is 0. The highest BCUT2D eigenvalue weighted by Crippen LogP contribution is 2.26. The average molecular weight is 367 g/mol. The lowest BCUT2D eigenvalue weighted by molar-refractivity contribution is 0.119. The second kappa shape index (κ2) is 7.32. The van der Waals surface area contributed by atoms with Gasteiger partial charge in [-0.2, -0.15) is 4.31 Å². The summed E-state index contributed by atoms with van der Waals surface area (Å²) in [4.78, 5) is 8.15. The Balaban J connectivity index is 1.75. The van der Waals surface area contributed by atoms with E-state index in [2.05, 4.69) is 9.97 Å². The zero-order valence-corrected chi connectivity index (χ0v) is 14.4. The quantitative estimate of drug-likeness (QED) is 0.802. The average Bonchev–Trinajstić information content (AvgIpc) is 2.63. The zero-order chi connectivity index (χ0) is 17.9. The number of nitrogens with zero attached hydrogens (tertiary/aromatic N) is 3. The molecule has 1 unspecified atom stereocenters. The van der Waals surface area contributed by atoms with Crippen molar-refractivity contribution in [2.24, 2.45) is 0 Å². The third kappa shape index (κ3) is 3.88. The van der Waals surface area contributed by atoms with E-state index in [-0.39, 0.29) is 29.3 Å². The van der Waals surface area contributed by atoms with Gasteiger partial charge in [0.05, 0.1) is 18.6 Å². The Morgan fingerprint density at radius 2 is 1.84 bits per heavy atom. The predicted molar refractivity (Wildman–Crippen MR) is 87.4 cm³/mol. The molecular weight excluding hydrogens is 349 g/mol. The molecule has 0 spiro atoms. The van der Waals surface area contributed by atoms with Gasteiger partial charge in [-0.3, -0.25) is 0 Å². The first-order valence-electron chi connectivity index (χ1n) is 7.78. The molecule has 0 aliphatic carbocycles. The van der Waals surface area contributed by atoms with Gasteiger partial charge in [0.2, 0.25) is 10.0 Å². The molecule has 1 fully saturated rings. The van der Waals surface area contributed by atoms with Gasteiger partial charge in [-0.25, -0.2) is 22.8 Å². The van der Waals surface area contributed by atoms with Gasteiger partial charge in [-0.1, -0.05) is 0 Å². The van der Waals surface area contributed by atoms with Crippen molar-refractivity contribution in [1.29, 1.82) is 0 Å². The standard InChI is InChI=1S/C16H18FN3O4S/c1-23-15-16(19-9-8-18-15)24-13-3-2-10-20(11-13)25(21,22)14-6-4-12(17)5-7-14/h4-9,13H,2-3,10-11H2,1H3. The number of sulfonamides is 1.